The Balaban J connectivity index is 1.24. The number of carbonyl (C=O) groups excluding carboxylic acids is 1. The van der Waals surface area contributed by atoms with Gasteiger partial charge in [-0.15, -0.1) is 0 Å². The highest BCUT2D eigenvalue weighted by Gasteiger charge is 2.21. The molecular formula is C26H28FN5OS. The maximum Gasteiger partial charge on any atom is 0.251 e. The maximum atomic E-state index is 15.0. The normalized spacial score (nSPS) is 19.9. The second kappa shape index (κ2) is 8.76. The lowest BCUT2D eigenvalue weighted by atomic mass is 10.0. The fraction of sp³-hybridized carbons (Fsp3) is 0.385. The predicted octanol–water partition coefficient (Wildman–Crippen LogP) is 4.60. The van der Waals surface area contributed by atoms with E-state index in [1.165, 1.54) is 11.3 Å². The molecule has 8 heteroatoms. The summed E-state index contributed by atoms with van der Waals surface area (Å²) >= 11 is 1.52. The van der Waals surface area contributed by atoms with Crippen molar-refractivity contribution in [2.45, 2.75) is 37.8 Å². The molecule has 0 saturated carbocycles. The van der Waals surface area contributed by atoms with Gasteiger partial charge in [-0.2, -0.15) is 0 Å². The number of halogens is 1. The summed E-state index contributed by atoms with van der Waals surface area (Å²) in [6, 6.07) is 11.7. The number of thiazole rings is 1. The SMILES string of the molecule is CN1CCC(NC(=O)c2ccc3c(c2)sc2nc(-c4ccc(C5CCCN5)cc4F)cn23)CC1. The number of rotatable bonds is 4. The van der Waals surface area contributed by atoms with Crippen LogP contribution in [0.2, 0.25) is 0 Å². The van der Waals surface area contributed by atoms with Crippen LogP contribution in [-0.2, 0) is 0 Å². The van der Waals surface area contributed by atoms with Crippen LogP contribution in [0.4, 0.5) is 4.39 Å². The van der Waals surface area contributed by atoms with Gasteiger partial charge >= 0.3 is 0 Å². The van der Waals surface area contributed by atoms with Gasteiger partial charge in [-0.25, -0.2) is 9.37 Å². The van der Waals surface area contributed by atoms with Gasteiger partial charge in [0.1, 0.15) is 5.82 Å². The largest absolute Gasteiger partial charge is 0.349 e. The summed E-state index contributed by atoms with van der Waals surface area (Å²) < 4.78 is 18.0. The Hall–Kier alpha value is -2.81. The zero-order valence-electron chi connectivity index (χ0n) is 19.2. The molecule has 6 nitrogen and oxygen atoms in total. The van der Waals surface area contributed by atoms with Crippen molar-refractivity contribution in [1.82, 2.24) is 24.9 Å². The first-order valence-electron chi connectivity index (χ1n) is 12.0. The minimum absolute atomic E-state index is 0.0258. The molecule has 2 fully saturated rings. The second-order valence-electron chi connectivity index (χ2n) is 9.50. The third-order valence-corrected chi connectivity index (χ3v) is 8.16. The monoisotopic (exact) mass is 477 g/mol. The minimum atomic E-state index is -0.242. The number of nitrogens with zero attached hydrogens (tertiary/aromatic N) is 3. The summed E-state index contributed by atoms with van der Waals surface area (Å²) in [6.45, 7) is 3.00. The van der Waals surface area contributed by atoms with E-state index in [0.717, 1.165) is 66.1 Å². The number of amides is 1. The van der Waals surface area contributed by atoms with Crippen LogP contribution in [0, 0.1) is 5.82 Å². The van der Waals surface area contributed by atoms with Crippen LogP contribution >= 0.6 is 11.3 Å². The van der Waals surface area contributed by atoms with Crippen LogP contribution in [0.25, 0.3) is 26.4 Å². The molecule has 2 N–H and O–H groups in total. The van der Waals surface area contributed by atoms with E-state index in [1.807, 2.05) is 40.9 Å². The lowest BCUT2D eigenvalue weighted by Crippen LogP contribution is -2.43. The first kappa shape index (κ1) is 21.7. The molecule has 4 aromatic rings. The molecule has 0 radical (unpaired) electrons. The molecule has 0 bridgehead atoms. The number of imidazole rings is 1. The van der Waals surface area contributed by atoms with E-state index in [9.17, 15) is 9.18 Å². The smallest absolute Gasteiger partial charge is 0.251 e. The van der Waals surface area contributed by atoms with Gasteiger partial charge in [-0.1, -0.05) is 17.4 Å². The van der Waals surface area contributed by atoms with Gasteiger partial charge in [0.25, 0.3) is 5.91 Å². The van der Waals surface area contributed by atoms with Crippen LogP contribution in [0.1, 0.15) is 47.6 Å². The van der Waals surface area contributed by atoms with E-state index in [2.05, 4.69) is 22.6 Å². The van der Waals surface area contributed by atoms with Crippen molar-refractivity contribution >= 4 is 32.4 Å². The number of likely N-dealkylation sites (tertiary alicyclic amines) is 1. The van der Waals surface area contributed by atoms with Crippen LogP contribution in [-0.4, -0.2) is 52.9 Å². The molecule has 1 atom stereocenters. The van der Waals surface area contributed by atoms with Gasteiger partial charge in [0.2, 0.25) is 0 Å². The third-order valence-electron chi connectivity index (χ3n) is 7.14. The average Bonchev–Trinajstić information content (AvgIpc) is 3.57. The highest BCUT2D eigenvalue weighted by molar-refractivity contribution is 7.23. The van der Waals surface area contributed by atoms with Crippen molar-refractivity contribution < 1.29 is 9.18 Å². The van der Waals surface area contributed by atoms with Crippen molar-refractivity contribution in [2.24, 2.45) is 0 Å². The predicted molar refractivity (Wildman–Crippen MR) is 134 cm³/mol. The van der Waals surface area contributed by atoms with E-state index in [4.69, 9.17) is 4.98 Å². The Labute approximate surface area is 201 Å². The number of piperidine rings is 1. The van der Waals surface area contributed by atoms with Gasteiger partial charge in [-0.3, -0.25) is 9.20 Å². The number of fused-ring (bicyclic) bond motifs is 3. The van der Waals surface area contributed by atoms with Crippen LogP contribution in [0.5, 0.6) is 0 Å². The van der Waals surface area contributed by atoms with E-state index >= 15 is 0 Å². The first-order valence-corrected chi connectivity index (χ1v) is 12.8. The number of nitrogens with one attached hydrogen (secondary N) is 2. The Kier molecular flexibility index (Phi) is 5.59. The van der Waals surface area contributed by atoms with E-state index in [1.54, 1.807) is 6.07 Å². The fourth-order valence-corrected chi connectivity index (χ4v) is 6.17. The molecule has 2 aromatic carbocycles. The van der Waals surface area contributed by atoms with Gasteiger partial charge in [0.05, 0.1) is 15.9 Å². The molecule has 2 aromatic heterocycles. The Bertz CT molecular complexity index is 1360. The van der Waals surface area contributed by atoms with Crippen molar-refractivity contribution in [2.75, 3.05) is 26.7 Å². The number of benzene rings is 2. The highest BCUT2D eigenvalue weighted by atomic mass is 32.1. The van der Waals surface area contributed by atoms with Crippen LogP contribution in [0.3, 0.4) is 0 Å². The van der Waals surface area contributed by atoms with Crippen molar-refractivity contribution in [1.29, 1.82) is 0 Å². The molecule has 2 aliphatic heterocycles. The fourth-order valence-electron chi connectivity index (χ4n) is 5.12. The van der Waals surface area contributed by atoms with Crippen LogP contribution < -0.4 is 10.6 Å². The quantitative estimate of drug-likeness (QED) is 0.451. The first-order chi connectivity index (χ1) is 16.5. The zero-order valence-corrected chi connectivity index (χ0v) is 20.0. The molecule has 4 heterocycles. The average molecular weight is 478 g/mol. The molecule has 1 amide bonds. The molecule has 6 rings (SSSR count). The Morgan fingerprint density at radius 3 is 2.79 bits per heavy atom. The standard InChI is InChI=1S/C26H28FN5OS/c1-31-11-8-18(9-12-31)29-25(33)17-5-7-23-24(14-17)34-26-30-22(15-32(23)26)19-6-4-16(13-20(19)27)21-3-2-10-28-21/h4-7,13-15,18,21,28H,2-3,8-12H2,1H3,(H,29,33). The number of hydrogen-bond acceptors (Lipinski definition) is 5. The molecule has 176 valence electrons. The summed E-state index contributed by atoms with van der Waals surface area (Å²) in [7, 11) is 2.11. The van der Waals surface area contributed by atoms with E-state index in [0.29, 0.717) is 16.8 Å². The minimum Gasteiger partial charge on any atom is -0.349 e. The summed E-state index contributed by atoms with van der Waals surface area (Å²) in [5.74, 6) is -0.267. The van der Waals surface area contributed by atoms with Crippen molar-refractivity contribution in [3.8, 4) is 11.3 Å². The molecule has 1 unspecified atom stereocenters. The lowest BCUT2D eigenvalue weighted by Gasteiger charge is -2.29. The van der Waals surface area contributed by atoms with Crippen molar-refractivity contribution in [3.05, 3.63) is 59.5 Å². The highest BCUT2D eigenvalue weighted by Crippen LogP contribution is 2.32. The van der Waals surface area contributed by atoms with E-state index in [-0.39, 0.29) is 23.8 Å². The van der Waals surface area contributed by atoms with Crippen molar-refractivity contribution in [3.63, 3.8) is 0 Å². The third kappa shape index (κ3) is 4.00. The molecule has 2 saturated heterocycles. The van der Waals surface area contributed by atoms with Gasteiger partial charge in [0, 0.05) is 29.4 Å². The Morgan fingerprint density at radius 1 is 1.18 bits per heavy atom. The molecule has 34 heavy (non-hydrogen) atoms. The molecule has 2 aliphatic rings. The zero-order chi connectivity index (χ0) is 23.2. The maximum absolute atomic E-state index is 15.0. The molecular weight excluding hydrogens is 449 g/mol. The topological polar surface area (TPSA) is 61.7 Å². The molecule has 0 aliphatic carbocycles. The molecule has 0 spiro atoms. The van der Waals surface area contributed by atoms with Gasteiger partial charge in [0.15, 0.2) is 4.96 Å². The van der Waals surface area contributed by atoms with Crippen LogP contribution in [0.15, 0.2) is 42.6 Å². The van der Waals surface area contributed by atoms with Gasteiger partial charge < -0.3 is 15.5 Å². The second-order valence-corrected chi connectivity index (χ2v) is 10.5. The Morgan fingerprint density at radius 2 is 2.03 bits per heavy atom. The van der Waals surface area contributed by atoms with E-state index < -0.39 is 0 Å². The lowest BCUT2D eigenvalue weighted by molar-refractivity contribution is 0.0917. The van der Waals surface area contributed by atoms with Gasteiger partial charge in [-0.05, 0) is 88.3 Å². The summed E-state index contributed by atoms with van der Waals surface area (Å²) in [5, 5.41) is 6.60. The summed E-state index contributed by atoms with van der Waals surface area (Å²) in [5.41, 5.74) is 3.77. The number of hydrogen-bond donors (Lipinski definition) is 2. The summed E-state index contributed by atoms with van der Waals surface area (Å²) in [4.78, 5) is 20.6. The summed E-state index contributed by atoms with van der Waals surface area (Å²) in [6.07, 6.45) is 6.02. The number of carbonyl (C=O) groups is 1. The number of aromatic nitrogens is 2.